The Labute approximate surface area is 137 Å². The molecule has 0 bridgehead atoms. The van der Waals surface area contributed by atoms with Crippen LogP contribution in [0.4, 0.5) is 13.2 Å². The van der Waals surface area contributed by atoms with Crippen LogP contribution in [0.1, 0.15) is 5.69 Å². The summed E-state index contributed by atoms with van der Waals surface area (Å²) in [5, 5.41) is 3.51. The van der Waals surface area contributed by atoms with E-state index in [-0.39, 0.29) is 13.2 Å². The summed E-state index contributed by atoms with van der Waals surface area (Å²) in [7, 11) is 1.28. The first-order chi connectivity index (χ1) is 11.4. The largest absolute Gasteiger partial charge is 0.468 e. The molecule has 1 aliphatic rings. The molecule has 10 heteroatoms. The second-order valence-corrected chi connectivity index (χ2v) is 5.46. The molecular weight excluding hydrogens is 329 g/mol. The van der Waals surface area contributed by atoms with Gasteiger partial charge < -0.3 is 9.47 Å². The maximum Gasteiger partial charge on any atom is 0.435 e. The zero-order valence-corrected chi connectivity index (χ0v) is 13.5. The predicted molar refractivity (Wildman–Crippen MR) is 78.1 cm³/mol. The van der Waals surface area contributed by atoms with Gasteiger partial charge in [-0.25, -0.2) is 0 Å². The Balaban J connectivity index is 1.94. The van der Waals surface area contributed by atoms with E-state index in [0.717, 1.165) is 19.2 Å². The van der Waals surface area contributed by atoms with Crippen molar-refractivity contribution in [1.29, 1.82) is 0 Å². The van der Waals surface area contributed by atoms with Crippen molar-refractivity contribution < 1.29 is 27.4 Å². The van der Waals surface area contributed by atoms with Gasteiger partial charge in [-0.2, -0.15) is 18.3 Å². The standard InChI is InChI=1S/C14H21F3N4O3/c1-23-13(22)10-20(5-4-19-6-8-24-9-7-19)11-21-3-2-12(18-21)14(15,16)17/h2-3H,4-11H2,1H3. The smallest absolute Gasteiger partial charge is 0.435 e. The molecule has 0 aliphatic carbocycles. The molecule has 1 saturated heterocycles. The Bertz CT molecular complexity index is 530. The van der Waals surface area contributed by atoms with E-state index in [1.165, 1.54) is 18.0 Å². The number of esters is 1. The lowest BCUT2D eigenvalue weighted by Gasteiger charge is -2.29. The van der Waals surface area contributed by atoms with E-state index >= 15 is 0 Å². The number of ether oxygens (including phenoxy) is 2. The van der Waals surface area contributed by atoms with Crippen LogP contribution in [0.2, 0.25) is 0 Å². The number of carbonyl (C=O) groups excluding carboxylic acids is 1. The number of methoxy groups -OCH3 is 1. The first kappa shape index (κ1) is 18.7. The van der Waals surface area contributed by atoms with Crippen molar-refractivity contribution in [1.82, 2.24) is 19.6 Å². The Kier molecular flexibility index (Phi) is 6.58. The fourth-order valence-corrected chi connectivity index (χ4v) is 2.35. The number of hydrogen-bond donors (Lipinski definition) is 0. The fraction of sp³-hybridized carbons (Fsp3) is 0.714. The molecule has 2 heterocycles. The van der Waals surface area contributed by atoms with Gasteiger partial charge in [-0.3, -0.25) is 19.3 Å². The van der Waals surface area contributed by atoms with Gasteiger partial charge in [0.2, 0.25) is 0 Å². The molecule has 0 saturated carbocycles. The van der Waals surface area contributed by atoms with Gasteiger partial charge in [-0.15, -0.1) is 0 Å². The number of morpholine rings is 1. The van der Waals surface area contributed by atoms with Gasteiger partial charge in [0.25, 0.3) is 0 Å². The summed E-state index contributed by atoms with van der Waals surface area (Å²) in [4.78, 5) is 15.4. The van der Waals surface area contributed by atoms with Crippen LogP contribution < -0.4 is 0 Å². The van der Waals surface area contributed by atoms with Crippen LogP contribution in [0.15, 0.2) is 12.3 Å². The summed E-state index contributed by atoms with van der Waals surface area (Å²) >= 11 is 0. The Morgan fingerprint density at radius 1 is 1.42 bits per heavy atom. The Hall–Kier alpha value is -1.65. The Morgan fingerprint density at radius 2 is 2.12 bits per heavy atom. The minimum atomic E-state index is -4.48. The van der Waals surface area contributed by atoms with Gasteiger partial charge in [0.15, 0.2) is 5.69 Å². The molecule has 0 amide bonds. The molecule has 0 radical (unpaired) electrons. The second kappa shape index (κ2) is 8.45. The molecule has 24 heavy (non-hydrogen) atoms. The molecule has 0 aromatic carbocycles. The zero-order valence-electron chi connectivity index (χ0n) is 13.5. The average Bonchev–Trinajstić information content (AvgIpc) is 3.02. The predicted octanol–water partition coefficient (Wildman–Crippen LogP) is 0.667. The number of carbonyl (C=O) groups is 1. The molecule has 0 unspecified atom stereocenters. The van der Waals surface area contributed by atoms with E-state index in [0.29, 0.717) is 26.3 Å². The van der Waals surface area contributed by atoms with Crippen molar-refractivity contribution in [3.05, 3.63) is 18.0 Å². The summed E-state index contributed by atoms with van der Waals surface area (Å²) in [6.07, 6.45) is -3.23. The van der Waals surface area contributed by atoms with Crippen molar-refractivity contribution >= 4 is 5.97 Å². The number of aromatic nitrogens is 2. The van der Waals surface area contributed by atoms with Crippen LogP contribution in [-0.2, 0) is 27.1 Å². The average molecular weight is 350 g/mol. The van der Waals surface area contributed by atoms with Crippen LogP contribution in [0.3, 0.4) is 0 Å². The molecule has 136 valence electrons. The lowest BCUT2D eigenvalue weighted by molar-refractivity contribution is -0.143. The summed E-state index contributed by atoms with van der Waals surface area (Å²) < 4.78 is 48.9. The first-order valence-electron chi connectivity index (χ1n) is 7.58. The van der Waals surface area contributed by atoms with Gasteiger partial charge >= 0.3 is 12.1 Å². The third-order valence-corrected chi connectivity index (χ3v) is 3.69. The normalized spacial score (nSPS) is 16.5. The van der Waals surface area contributed by atoms with Crippen LogP contribution in [0.25, 0.3) is 0 Å². The highest BCUT2D eigenvalue weighted by Crippen LogP contribution is 2.27. The molecule has 1 aliphatic heterocycles. The Morgan fingerprint density at radius 3 is 2.71 bits per heavy atom. The molecule has 0 atom stereocenters. The number of halogens is 3. The van der Waals surface area contributed by atoms with Crippen LogP contribution in [0.5, 0.6) is 0 Å². The van der Waals surface area contributed by atoms with Crippen LogP contribution in [-0.4, -0.2) is 78.6 Å². The van der Waals surface area contributed by atoms with E-state index in [4.69, 9.17) is 4.74 Å². The second-order valence-electron chi connectivity index (χ2n) is 5.46. The minimum absolute atomic E-state index is 0.0119. The summed E-state index contributed by atoms with van der Waals surface area (Å²) in [5.41, 5.74) is -0.950. The monoisotopic (exact) mass is 350 g/mol. The maximum atomic E-state index is 12.6. The van der Waals surface area contributed by atoms with Crippen molar-refractivity contribution in [3.63, 3.8) is 0 Å². The van der Waals surface area contributed by atoms with Crippen LogP contribution >= 0.6 is 0 Å². The van der Waals surface area contributed by atoms with Gasteiger partial charge in [0.1, 0.15) is 0 Å². The third-order valence-electron chi connectivity index (χ3n) is 3.69. The number of rotatable bonds is 7. The highest BCUT2D eigenvalue weighted by Gasteiger charge is 2.33. The van der Waals surface area contributed by atoms with Gasteiger partial charge in [-0.1, -0.05) is 0 Å². The van der Waals surface area contributed by atoms with E-state index in [1.807, 2.05) is 0 Å². The van der Waals surface area contributed by atoms with Crippen molar-refractivity contribution in [2.45, 2.75) is 12.8 Å². The van der Waals surface area contributed by atoms with E-state index in [1.54, 1.807) is 4.90 Å². The highest BCUT2D eigenvalue weighted by molar-refractivity contribution is 5.71. The summed E-state index contributed by atoms with van der Waals surface area (Å²) in [6, 6.07) is 0.915. The SMILES string of the molecule is COC(=O)CN(CCN1CCOCC1)Cn1ccc(C(F)(F)F)n1. The minimum Gasteiger partial charge on any atom is -0.468 e. The third kappa shape index (κ3) is 5.77. The highest BCUT2D eigenvalue weighted by atomic mass is 19.4. The lowest BCUT2D eigenvalue weighted by Crippen LogP contribution is -2.43. The molecule has 0 spiro atoms. The van der Waals surface area contributed by atoms with Crippen LogP contribution in [0, 0.1) is 0 Å². The van der Waals surface area contributed by atoms with Crippen molar-refractivity contribution in [3.8, 4) is 0 Å². The summed E-state index contributed by atoms with van der Waals surface area (Å²) in [5.74, 6) is -0.444. The van der Waals surface area contributed by atoms with E-state index in [9.17, 15) is 18.0 Å². The topological polar surface area (TPSA) is 59.8 Å². The molecule has 2 rings (SSSR count). The fourth-order valence-electron chi connectivity index (χ4n) is 2.35. The van der Waals surface area contributed by atoms with E-state index in [2.05, 4.69) is 14.7 Å². The van der Waals surface area contributed by atoms with Crippen molar-refractivity contribution in [2.75, 3.05) is 53.0 Å². The van der Waals surface area contributed by atoms with E-state index < -0.39 is 17.8 Å². The van der Waals surface area contributed by atoms with Gasteiger partial charge in [0.05, 0.1) is 33.5 Å². The first-order valence-corrected chi connectivity index (χ1v) is 7.58. The molecule has 1 fully saturated rings. The number of nitrogens with zero attached hydrogens (tertiary/aromatic N) is 4. The van der Waals surface area contributed by atoms with Gasteiger partial charge in [-0.05, 0) is 6.07 Å². The summed E-state index contributed by atoms with van der Waals surface area (Å²) in [6.45, 7) is 4.18. The molecule has 1 aromatic heterocycles. The maximum absolute atomic E-state index is 12.6. The quantitative estimate of drug-likeness (QED) is 0.674. The lowest BCUT2D eigenvalue weighted by atomic mass is 10.4. The van der Waals surface area contributed by atoms with Gasteiger partial charge in [0, 0.05) is 32.4 Å². The number of alkyl halides is 3. The molecular formula is C14H21F3N4O3. The molecule has 0 N–H and O–H groups in total. The molecule has 1 aromatic rings. The molecule has 7 nitrogen and oxygen atoms in total. The van der Waals surface area contributed by atoms with Crippen molar-refractivity contribution in [2.24, 2.45) is 0 Å². The zero-order chi connectivity index (χ0) is 17.6. The number of hydrogen-bond acceptors (Lipinski definition) is 6.